The van der Waals surface area contributed by atoms with Crippen LogP contribution in [-0.4, -0.2) is 17.4 Å². The smallest absolute Gasteiger partial charge is 0.217 e. The molecule has 0 spiro atoms. The summed E-state index contributed by atoms with van der Waals surface area (Å²) in [4.78, 5) is 25.2. The van der Waals surface area contributed by atoms with E-state index in [1.165, 1.54) is 13.0 Å². The van der Waals surface area contributed by atoms with Gasteiger partial charge in [0.25, 0.3) is 0 Å². The van der Waals surface area contributed by atoms with Gasteiger partial charge in [-0.1, -0.05) is 11.8 Å². The Kier molecular flexibility index (Phi) is 3.44. The first kappa shape index (κ1) is 11.9. The number of hydrogen-bond acceptors (Lipinski definition) is 2. The van der Waals surface area contributed by atoms with Gasteiger partial charge in [0.2, 0.25) is 5.91 Å². The third-order valence-electron chi connectivity index (χ3n) is 2.42. The molecule has 4 heteroatoms. The Hall–Kier alpha value is -2.54. The van der Waals surface area contributed by atoms with E-state index in [4.69, 9.17) is 0 Å². The molecule has 2 aromatic rings. The summed E-state index contributed by atoms with van der Waals surface area (Å²) < 4.78 is 0. The molecule has 0 unspecified atom stereocenters. The molecule has 1 aromatic carbocycles. The predicted molar refractivity (Wildman–Crippen MR) is 70.1 cm³/mol. The Labute approximate surface area is 104 Å². The van der Waals surface area contributed by atoms with Gasteiger partial charge < -0.3 is 10.3 Å². The highest BCUT2D eigenvalue weighted by atomic mass is 16.1. The number of pyridine rings is 1. The number of aromatic nitrogens is 1. The molecule has 0 aliphatic carbocycles. The minimum atomic E-state index is -0.104. The number of amides is 1. The lowest BCUT2D eigenvalue weighted by Gasteiger charge is -1.97. The van der Waals surface area contributed by atoms with Crippen molar-refractivity contribution < 1.29 is 4.79 Å². The summed E-state index contributed by atoms with van der Waals surface area (Å²) in [7, 11) is 0. The molecule has 0 saturated heterocycles. The van der Waals surface area contributed by atoms with Gasteiger partial charge in [-0.25, -0.2) is 0 Å². The van der Waals surface area contributed by atoms with E-state index >= 15 is 0 Å². The number of aromatic amines is 1. The molecule has 18 heavy (non-hydrogen) atoms. The van der Waals surface area contributed by atoms with Crippen LogP contribution in [0.4, 0.5) is 0 Å². The summed E-state index contributed by atoms with van der Waals surface area (Å²) >= 11 is 0. The maximum absolute atomic E-state index is 11.5. The van der Waals surface area contributed by atoms with Crippen molar-refractivity contribution >= 4 is 16.8 Å². The van der Waals surface area contributed by atoms with Gasteiger partial charge in [-0.2, -0.15) is 0 Å². The Morgan fingerprint density at radius 1 is 1.39 bits per heavy atom. The predicted octanol–water partition coefficient (Wildman–Crippen LogP) is 1.02. The summed E-state index contributed by atoms with van der Waals surface area (Å²) in [6.07, 6.45) is 1.61. The van der Waals surface area contributed by atoms with Crippen molar-refractivity contribution in [2.45, 2.75) is 6.92 Å². The van der Waals surface area contributed by atoms with Crippen molar-refractivity contribution in [3.8, 4) is 11.8 Å². The van der Waals surface area contributed by atoms with Crippen LogP contribution in [0.3, 0.4) is 0 Å². The van der Waals surface area contributed by atoms with Crippen molar-refractivity contribution in [3.63, 3.8) is 0 Å². The van der Waals surface area contributed by atoms with Crippen LogP contribution >= 0.6 is 0 Å². The average Bonchev–Trinajstić information content (AvgIpc) is 2.35. The Morgan fingerprint density at radius 3 is 3.00 bits per heavy atom. The van der Waals surface area contributed by atoms with E-state index in [0.717, 1.165) is 11.1 Å². The monoisotopic (exact) mass is 240 g/mol. The number of carbonyl (C=O) groups excluding carboxylic acids is 1. The third kappa shape index (κ3) is 2.77. The van der Waals surface area contributed by atoms with E-state index < -0.39 is 0 Å². The topological polar surface area (TPSA) is 62.0 Å². The van der Waals surface area contributed by atoms with Gasteiger partial charge in [0.15, 0.2) is 5.43 Å². The van der Waals surface area contributed by atoms with Crippen molar-refractivity contribution in [1.29, 1.82) is 0 Å². The van der Waals surface area contributed by atoms with E-state index in [2.05, 4.69) is 22.1 Å². The van der Waals surface area contributed by atoms with E-state index in [-0.39, 0.29) is 11.3 Å². The third-order valence-corrected chi connectivity index (χ3v) is 2.42. The highest BCUT2D eigenvalue weighted by Gasteiger charge is 1.97. The minimum absolute atomic E-state index is 0.0125. The molecule has 0 aliphatic rings. The zero-order valence-electron chi connectivity index (χ0n) is 9.91. The molecule has 0 bridgehead atoms. The van der Waals surface area contributed by atoms with Crippen molar-refractivity contribution in [2.75, 3.05) is 6.54 Å². The second-order valence-corrected chi connectivity index (χ2v) is 3.81. The normalized spacial score (nSPS) is 9.61. The molecule has 1 amide bonds. The number of nitrogens with one attached hydrogen (secondary N) is 2. The zero-order valence-corrected chi connectivity index (χ0v) is 9.91. The summed E-state index contributed by atoms with van der Waals surface area (Å²) in [5, 5.41) is 3.24. The van der Waals surface area contributed by atoms with Crippen LogP contribution in [0.5, 0.6) is 0 Å². The molecule has 0 fully saturated rings. The van der Waals surface area contributed by atoms with Crippen LogP contribution < -0.4 is 10.7 Å². The molecule has 0 radical (unpaired) electrons. The van der Waals surface area contributed by atoms with Gasteiger partial charge in [-0.3, -0.25) is 9.59 Å². The van der Waals surface area contributed by atoms with Gasteiger partial charge in [0.1, 0.15) is 0 Å². The molecule has 4 nitrogen and oxygen atoms in total. The van der Waals surface area contributed by atoms with Crippen LogP contribution in [0, 0.1) is 11.8 Å². The van der Waals surface area contributed by atoms with Gasteiger partial charge in [-0.15, -0.1) is 0 Å². The first-order chi connectivity index (χ1) is 8.66. The van der Waals surface area contributed by atoms with Crippen molar-refractivity contribution in [1.82, 2.24) is 10.3 Å². The van der Waals surface area contributed by atoms with Crippen LogP contribution in [0.25, 0.3) is 10.9 Å². The molecule has 1 aromatic heterocycles. The molecule has 1 heterocycles. The first-order valence-corrected chi connectivity index (χ1v) is 5.51. The van der Waals surface area contributed by atoms with Crippen LogP contribution in [0.2, 0.25) is 0 Å². The first-order valence-electron chi connectivity index (χ1n) is 5.51. The van der Waals surface area contributed by atoms with Crippen LogP contribution in [-0.2, 0) is 4.79 Å². The van der Waals surface area contributed by atoms with E-state index in [1.807, 2.05) is 6.07 Å². The summed E-state index contributed by atoms with van der Waals surface area (Å²) in [6, 6.07) is 6.84. The lowest BCUT2D eigenvalue weighted by atomic mass is 10.1. The molecule has 0 aliphatic heterocycles. The van der Waals surface area contributed by atoms with E-state index in [1.54, 1.807) is 18.3 Å². The zero-order chi connectivity index (χ0) is 13.0. The molecule has 2 N–H and O–H groups in total. The number of rotatable bonds is 1. The minimum Gasteiger partial charge on any atom is -0.361 e. The van der Waals surface area contributed by atoms with Gasteiger partial charge in [-0.05, 0) is 18.2 Å². The fourth-order valence-electron chi connectivity index (χ4n) is 1.57. The van der Waals surface area contributed by atoms with Crippen molar-refractivity contribution in [2.24, 2.45) is 0 Å². The highest BCUT2D eigenvalue weighted by Crippen LogP contribution is 2.08. The maximum atomic E-state index is 11.5. The number of fused-ring (bicyclic) bond motifs is 1. The fraction of sp³-hybridized carbons (Fsp3) is 0.143. The quantitative estimate of drug-likeness (QED) is 0.731. The highest BCUT2D eigenvalue weighted by molar-refractivity contribution is 5.79. The van der Waals surface area contributed by atoms with Gasteiger partial charge in [0.05, 0.1) is 12.1 Å². The fourth-order valence-corrected chi connectivity index (χ4v) is 1.57. The van der Waals surface area contributed by atoms with E-state index in [9.17, 15) is 9.59 Å². The standard InChI is InChI=1S/C14H12N2O2/c1-10(17)15-7-2-3-11-4-5-12-13(9-11)16-8-6-14(12)18/h4-6,8-9H,7H2,1H3,(H,15,17)(H,16,18). The Morgan fingerprint density at radius 2 is 2.22 bits per heavy atom. The number of benzene rings is 1. The number of hydrogen-bond donors (Lipinski definition) is 2. The molecular formula is C14H12N2O2. The number of H-pyrrole nitrogens is 1. The second-order valence-electron chi connectivity index (χ2n) is 3.81. The summed E-state index contributed by atoms with van der Waals surface area (Å²) in [5.41, 5.74) is 1.55. The molecule has 90 valence electrons. The lowest BCUT2D eigenvalue weighted by molar-refractivity contribution is -0.118. The van der Waals surface area contributed by atoms with Crippen LogP contribution in [0.15, 0.2) is 35.3 Å². The van der Waals surface area contributed by atoms with Gasteiger partial charge >= 0.3 is 0 Å². The SMILES string of the molecule is CC(=O)NCC#Cc1ccc2c(=O)cc[nH]c2c1. The summed E-state index contributed by atoms with van der Waals surface area (Å²) in [6.45, 7) is 1.77. The van der Waals surface area contributed by atoms with Crippen molar-refractivity contribution in [3.05, 3.63) is 46.2 Å². The van der Waals surface area contributed by atoms with E-state index in [0.29, 0.717) is 11.9 Å². The number of carbonyl (C=O) groups is 1. The Balaban J connectivity index is 2.25. The van der Waals surface area contributed by atoms with Crippen LogP contribution in [0.1, 0.15) is 12.5 Å². The lowest BCUT2D eigenvalue weighted by Crippen LogP contribution is -2.19. The Bertz CT molecular complexity index is 705. The molecule has 0 atom stereocenters. The largest absolute Gasteiger partial charge is 0.361 e. The second kappa shape index (κ2) is 5.19. The molecular weight excluding hydrogens is 228 g/mol. The maximum Gasteiger partial charge on any atom is 0.217 e. The average molecular weight is 240 g/mol. The molecule has 2 rings (SSSR count). The van der Waals surface area contributed by atoms with Gasteiger partial charge in [0, 0.05) is 30.1 Å². The summed E-state index contributed by atoms with van der Waals surface area (Å²) in [5.74, 6) is 5.66. The molecule has 0 saturated carbocycles.